The zero-order valence-electron chi connectivity index (χ0n) is 11.2. The summed E-state index contributed by atoms with van der Waals surface area (Å²) in [7, 11) is 3.30. The number of aromatic amines is 1. The predicted molar refractivity (Wildman–Crippen MR) is 75.7 cm³/mol. The van der Waals surface area contributed by atoms with Gasteiger partial charge in [-0.1, -0.05) is 30.1 Å². The Kier molecular flexibility index (Phi) is 5.69. The third-order valence-electron chi connectivity index (χ3n) is 2.56. The van der Waals surface area contributed by atoms with Crippen molar-refractivity contribution >= 4 is 35.0 Å². The van der Waals surface area contributed by atoms with Crippen LogP contribution in [0.5, 0.6) is 0 Å². The number of hydrogen-bond donors (Lipinski definition) is 1. The molecule has 0 atom stereocenters. The van der Waals surface area contributed by atoms with E-state index < -0.39 is 0 Å². The van der Waals surface area contributed by atoms with Crippen LogP contribution in [-0.4, -0.2) is 53.8 Å². The standard InChI is InChI=1S/C12H17Cl2N3O2/c1-4-5-17(7-10(18)16(2)3)12(19)9-6-8(13)11(14)15-9/h6,15H,4-5,7H2,1-3H3. The number of rotatable bonds is 5. The lowest BCUT2D eigenvalue weighted by Crippen LogP contribution is -2.40. The smallest absolute Gasteiger partial charge is 0.270 e. The normalized spacial score (nSPS) is 10.4. The van der Waals surface area contributed by atoms with Crippen LogP contribution in [0.4, 0.5) is 0 Å². The van der Waals surface area contributed by atoms with Gasteiger partial charge in [-0.05, 0) is 12.5 Å². The molecule has 2 amide bonds. The van der Waals surface area contributed by atoms with Gasteiger partial charge in [0.2, 0.25) is 5.91 Å². The molecule has 1 aromatic rings. The van der Waals surface area contributed by atoms with Crippen LogP contribution in [0.1, 0.15) is 23.8 Å². The van der Waals surface area contributed by atoms with Crippen molar-refractivity contribution in [3.63, 3.8) is 0 Å². The van der Waals surface area contributed by atoms with E-state index >= 15 is 0 Å². The van der Waals surface area contributed by atoms with Crippen LogP contribution in [0.3, 0.4) is 0 Å². The van der Waals surface area contributed by atoms with Crippen LogP contribution in [0, 0.1) is 0 Å². The Morgan fingerprint density at radius 2 is 1.95 bits per heavy atom. The number of carbonyl (C=O) groups is 2. The number of carbonyl (C=O) groups excluding carboxylic acids is 2. The summed E-state index contributed by atoms with van der Waals surface area (Å²) in [5, 5.41) is 0.515. The van der Waals surface area contributed by atoms with E-state index in [0.29, 0.717) is 11.6 Å². The summed E-state index contributed by atoms with van der Waals surface area (Å²) < 4.78 is 0. The fraction of sp³-hybridized carbons (Fsp3) is 0.500. The first-order valence-corrected chi connectivity index (χ1v) is 6.65. The van der Waals surface area contributed by atoms with E-state index in [2.05, 4.69) is 4.98 Å². The van der Waals surface area contributed by atoms with Gasteiger partial charge >= 0.3 is 0 Å². The average Bonchev–Trinajstić information content (AvgIpc) is 2.68. The van der Waals surface area contributed by atoms with Crippen molar-refractivity contribution in [2.24, 2.45) is 0 Å². The van der Waals surface area contributed by atoms with E-state index in [1.54, 1.807) is 14.1 Å². The zero-order chi connectivity index (χ0) is 14.6. The van der Waals surface area contributed by atoms with Crippen LogP contribution >= 0.6 is 23.2 Å². The van der Waals surface area contributed by atoms with Gasteiger partial charge in [0.1, 0.15) is 17.4 Å². The second-order valence-electron chi connectivity index (χ2n) is 4.36. The number of likely N-dealkylation sites (N-methyl/N-ethyl adjacent to an activating group) is 1. The molecular weight excluding hydrogens is 289 g/mol. The Balaban J connectivity index is 2.86. The van der Waals surface area contributed by atoms with Crippen LogP contribution < -0.4 is 0 Å². The van der Waals surface area contributed by atoms with Crippen LogP contribution in [0.2, 0.25) is 10.2 Å². The number of aromatic nitrogens is 1. The lowest BCUT2D eigenvalue weighted by molar-refractivity contribution is -0.129. The van der Waals surface area contributed by atoms with Crippen molar-refractivity contribution in [1.82, 2.24) is 14.8 Å². The molecule has 7 heteroatoms. The van der Waals surface area contributed by atoms with Gasteiger partial charge in [0.15, 0.2) is 0 Å². The lowest BCUT2D eigenvalue weighted by atomic mass is 10.3. The van der Waals surface area contributed by atoms with Gasteiger partial charge in [-0.2, -0.15) is 0 Å². The Morgan fingerprint density at radius 3 is 2.37 bits per heavy atom. The van der Waals surface area contributed by atoms with E-state index in [-0.39, 0.29) is 29.2 Å². The average molecular weight is 306 g/mol. The van der Waals surface area contributed by atoms with Crippen molar-refractivity contribution in [3.05, 3.63) is 21.9 Å². The first-order valence-electron chi connectivity index (χ1n) is 5.90. The molecule has 0 aliphatic rings. The first kappa shape index (κ1) is 15.9. The van der Waals surface area contributed by atoms with E-state index in [1.807, 2.05) is 6.92 Å². The molecule has 0 bridgehead atoms. The summed E-state index contributed by atoms with van der Waals surface area (Å²) in [4.78, 5) is 29.6. The fourth-order valence-corrected chi connectivity index (χ4v) is 1.83. The molecular formula is C12H17Cl2N3O2. The highest BCUT2D eigenvalue weighted by Crippen LogP contribution is 2.22. The van der Waals surface area contributed by atoms with Gasteiger partial charge < -0.3 is 14.8 Å². The van der Waals surface area contributed by atoms with Crippen molar-refractivity contribution in [3.8, 4) is 0 Å². The molecule has 1 rings (SSSR count). The molecule has 1 N–H and O–H groups in total. The second kappa shape index (κ2) is 6.82. The maximum atomic E-state index is 12.3. The topological polar surface area (TPSA) is 56.4 Å². The lowest BCUT2D eigenvalue weighted by Gasteiger charge is -2.22. The second-order valence-corrected chi connectivity index (χ2v) is 5.14. The van der Waals surface area contributed by atoms with Crippen molar-refractivity contribution in [1.29, 1.82) is 0 Å². The summed E-state index contributed by atoms with van der Waals surface area (Å²) in [6.45, 7) is 2.47. The van der Waals surface area contributed by atoms with E-state index in [0.717, 1.165) is 6.42 Å². The summed E-state index contributed by atoms with van der Waals surface area (Å²) >= 11 is 11.6. The maximum absolute atomic E-state index is 12.3. The number of halogens is 2. The maximum Gasteiger partial charge on any atom is 0.270 e. The SMILES string of the molecule is CCCN(CC(=O)N(C)C)C(=O)c1cc(Cl)c(Cl)[nH]1. The Hall–Kier alpha value is -1.20. The fourth-order valence-electron chi connectivity index (χ4n) is 1.52. The highest BCUT2D eigenvalue weighted by Gasteiger charge is 2.21. The zero-order valence-corrected chi connectivity index (χ0v) is 12.7. The van der Waals surface area contributed by atoms with Gasteiger partial charge in [0.25, 0.3) is 5.91 Å². The third-order valence-corrected chi connectivity index (χ3v) is 3.25. The molecule has 0 aromatic carbocycles. The van der Waals surface area contributed by atoms with Gasteiger partial charge in [-0.25, -0.2) is 0 Å². The molecule has 0 fully saturated rings. The van der Waals surface area contributed by atoms with Gasteiger partial charge in [0.05, 0.1) is 5.02 Å². The quantitative estimate of drug-likeness (QED) is 0.907. The highest BCUT2D eigenvalue weighted by molar-refractivity contribution is 6.41. The molecule has 0 aliphatic heterocycles. The Bertz CT molecular complexity index is 452. The van der Waals surface area contributed by atoms with Crippen LogP contribution in [0.25, 0.3) is 0 Å². The molecule has 0 saturated carbocycles. The van der Waals surface area contributed by atoms with Crippen molar-refractivity contribution in [2.75, 3.05) is 27.2 Å². The minimum atomic E-state index is -0.286. The molecule has 1 heterocycles. The molecule has 0 unspecified atom stereocenters. The van der Waals surface area contributed by atoms with Crippen LogP contribution in [-0.2, 0) is 4.79 Å². The summed E-state index contributed by atoms with van der Waals surface area (Å²) in [6, 6.07) is 1.47. The molecule has 5 nitrogen and oxygen atoms in total. The van der Waals surface area contributed by atoms with Gasteiger partial charge in [-0.15, -0.1) is 0 Å². The number of hydrogen-bond acceptors (Lipinski definition) is 2. The molecule has 0 aliphatic carbocycles. The first-order chi connectivity index (χ1) is 8.86. The molecule has 0 radical (unpaired) electrons. The molecule has 1 aromatic heterocycles. The van der Waals surface area contributed by atoms with Crippen molar-refractivity contribution < 1.29 is 9.59 Å². The number of nitrogens with zero attached hydrogens (tertiary/aromatic N) is 2. The minimum absolute atomic E-state index is 0.0356. The monoisotopic (exact) mass is 305 g/mol. The van der Waals surface area contributed by atoms with Crippen molar-refractivity contribution in [2.45, 2.75) is 13.3 Å². The largest absolute Gasteiger partial charge is 0.347 e. The minimum Gasteiger partial charge on any atom is -0.347 e. The number of amides is 2. The van der Waals surface area contributed by atoms with E-state index in [4.69, 9.17) is 23.2 Å². The number of H-pyrrole nitrogens is 1. The highest BCUT2D eigenvalue weighted by atomic mass is 35.5. The molecule has 19 heavy (non-hydrogen) atoms. The number of nitrogens with one attached hydrogen (secondary N) is 1. The van der Waals surface area contributed by atoms with Crippen LogP contribution in [0.15, 0.2) is 6.07 Å². The summed E-state index contributed by atoms with van der Waals surface area (Å²) in [6.07, 6.45) is 0.759. The van der Waals surface area contributed by atoms with E-state index in [9.17, 15) is 9.59 Å². The predicted octanol–water partition coefficient (Wildman–Crippen LogP) is 2.26. The third kappa shape index (κ3) is 4.14. The van der Waals surface area contributed by atoms with Gasteiger partial charge in [0, 0.05) is 20.6 Å². The molecule has 106 valence electrons. The summed E-state index contributed by atoms with van der Waals surface area (Å²) in [5.74, 6) is -0.420. The Labute approximate surface area is 122 Å². The molecule has 0 spiro atoms. The van der Waals surface area contributed by atoms with Gasteiger partial charge in [-0.3, -0.25) is 9.59 Å². The van der Waals surface area contributed by atoms with E-state index in [1.165, 1.54) is 15.9 Å². The molecule has 0 saturated heterocycles. The summed E-state index contributed by atoms with van der Waals surface area (Å²) in [5.41, 5.74) is 0.287. The Morgan fingerprint density at radius 1 is 1.32 bits per heavy atom.